The van der Waals surface area contributed by atoms with Crippen LogP contribution >= 0.6 is 0 Å². The van der Waals surface area contributed by atoms with Crippen LogP contribution < -0.4 is 16.0 Å². The van der Waals surface area contributed by atoms with Crippen molar-refractivity contribution in [3.63, 3.8) is 0 Å². The number of rotatable bonds is 9. The molecule has 0 spiro atoms. The summed E-state index contributed by atoms with van der Waals surface area (Å²) in [5.41, 5.74) is 4.11. The first-order valence-corrected chi connectivity index (χ1v) is 10.7. The molecule has 0 fully saturated rings. The number of hydrogen-bond donors (Lipinski definition) is 3. The maximum Gasteiger partial charge on any atom is 0.244 e. The van der Waals surface area contributed by atoms with Gasteiger partial charge in [0, 0.05) is 43.8 Å². The summed E-state index contributed by atoms with van der Waals surface area (Å²) in [6, 6.07) is 9.83. The highest BCUT2D eigenvalue weighted by Crippen LogP contribution is 2.33. The van der Waals surface area contributed by atoms with E-state index in [1.807, 2.05) is 26.1 Å². The van der Waals surface area contributed by atoms with E-state index in [4.69, 9.17) is 0 Å². The van der Waals surface area contributed by atoms with Gasteiger partial charge in [-0.05, 0) is 73.8 Å². The number of benzene rings is 1. The van der Waals surface area contributed by atoms with Crippen molar-refractivity contribution in [1.29, 1.82) is 0 Å². The summed E-state index contributed by atoms with van der Waals surface area (Å²) >= 11 is 0. The number of nitrogens with one attached hydrogen (secondary N) is 3. The Morgan fingerprint density at radius 2 is 1.52 bits per heavy atom. The molecule has 2 rings (SSSR count). The molecule has 2 aromatic rings. The zero-order valence-corrected chi connectivity index (χ0v) is 19.3. The molecule has 1 aromatic heterocycles. The monoisotopic (exact) mass is 426 g/mol. The Labute approximate surface area is 185 Å². The highest BCUT2D eigenvalue weighted by Gasteiger charge is 2.15. The van der Waals surface area contributed by atoms with Crippen molar-refractivity contribution in [3.05, 3.63) is 77.5 Å². The third kappa shape index (κ3) is 9.13. The molecule has 0 aliphatic carbocycles. The molecule has 1 heterocycles. The van der Waals surface area contributed by atoms with Crippen LogP contribution in [-0.4, -0.2) is 38.1 Å². The number of pyridine rings is 1. The summed E-state index contributed by atoms with van der Waals surface area (Å²) in [4.78, 5) is 16.0. The lowest BCUT2D eigenvalue weighted by Crippen LogP contribution is -2.16. The molecular weight excluding hydrogens is 391 g/mol. The summed E-state index contributed by atoms with van der Waals surface area (Å²) in [7, 11) is 3.39. The first kappa shape index (κ1) is 26.0. The Morgan fingerprint density at radius 1 is 0.935 bits per heavy atom. The van der Waals surface area contributed by atoms with E-state index in [1.165, 1.54) is 44.1 Å². The zero-order chi connectivity index (χ0) is 23.1. The number of carbonyl (C=O) groups excluding carboxylic acids is 1. The second-order valence-corrected chi connectivity index (χ2v) is 6.92. The Balaban J connectivity index is 0.000000592. The van der Waals surface area contributed by atoms with Crippen LogP contribution in [0.15, 0.2) is 60.6 Å². The van der Waals surface area contributed by atoms with Gasteiger partial charge in [0.1, 0.15) is 5.82 Å². The molecule has 0 aliphatic heterocycles. The number of amides is 1. The highest BCUT2D eigenvalue weighted by molar-refractivity contribution is 6.12. The van der Waals surface area contributed by atoms with Crippen LogP contribution in [0.5, 0.6) is 0 Å². The van der Waals surface area contributed by atoms with Gasteiger partial charge < -0.3 is 16.0 Å². The summed E-state index contributed by atoms with van der Waals surface area (Å²) in [5.74, 6) is -0.553. The van der Waals surface area contributed by atoms with Gasteiger partial charge in [0.15, 0.2) is 0 Å². The largest absolute Gasteiger partial charge is 0.391 e. The van der Waals surface area contributed by atoms with E-state index >= 15 is 0 Å². The Bertz CT molecular complexity index is 842. The normalized spacial score (nSPS) is 11.7. The van der Waals surface area contributed by atoms with E-state index in [9.17, 15) is 9.18 Å². The number of halogens is 1. The molecule has 3 N–H and O–H groups in total. The van der Waals surface area contributed by atoms with Crippen molar-refractivity contribution in [2.75, 3.05) is 27.2 Å². The van der Waals surface area contributed by atoms with E-state index in [0.29, 0.717) is 5.57 Å². The van der Waals surface area contributed by atoms with Crippen LogP contribution in [0.2, 0.25) is 0 Å². The minimum absolute atomic E-state index is 0.232. The lowest BCUT2D eigenvalue weighted by molar-refractivity contribution is -0.116. The zero-order valence-electron chi connectivity index (χ0n) is 19.3. The van der Waals surface area contributed by atoms with Gasteiger partial charge in [0.2, 0.25) is 5.91 Å². The van der Waals surface area contributed by atoms with Gasteiger partial charge >= 0.3 is 0 Å². The average Bonchev–Trinajstić information content (AvgIpc) is 2.80. The van der Waals surface area contributed by atoms with E-state index in [1.54, 1.807) is 31.6 Å². The Morgan fingerprint density at radius 3 is 2.00 bits per heavy atom. The van der Waals surface area contributed by atoms with Crippen LogP contribution in [0.4, 0.5) is 4.39 Å². The van der Waals surface area contributed by atoms with E-state index in [-0.39, 0.29) is 11.7 Å². The predicted octanol–water partition coefficient (Wildman–Crippen LogP) is 4.40. The second kappa shape index (κ2) is 14.9. The first-order chi connectivity index (χ1) is 15.0. The van der Waals surface area contributed by atoms with Gasteiger partial charge in [0.25, 0.3) is 0 Å². The SMILES string of the molecule is CCCNCCC.CNC(=O)/C=C(/C(=C(/C)NC)c1ccncc1)c1ccc(F)cc1. The fraction of sp³-hybridized carbons (Fsp3) is 0.360. The molecule has 0 radical (unpaired) electrons. The Kier molecular flexibility index (Phi) is 12.5. The Hall–Kier alpha value is -2.99. The fourth-order valence-electron chi connectivity index (χ4n) is 2.83. The molecule has 0 saturated carbocycles. The number of aromatic nitrogens is 1. The average molecular weight is 427 g/mol. The smallest absolute Gasteiger partial charge is 0.244 e. The van der Waals surface area contributed by atoms with Crippen LogP contribution in [-0.2, 0) is 4.79 Å². The van der Waals surface area contributed by atoms with Crippen molar-refractivity contribution in [1.82, 2.24) is 20.9 Å². The maximum absolute atomic E-state index is 13.3. The number of hydrogen-bond acceptors (Lipinski definition) is 4. The van der Waals surface area contributed by atoms with E-state index in [2.05, 4.69) is 34.8 Å². The van der Waals surface area contributed by atoms with Gasteiger partial charge in [-0.15, -0.1) is 0 Å². The minimum atomic E-state index is -0.321. The fourth-order valence-corrected chi connectivity index (χ4v) is 2.83. The molecule has 0 unspecified atom stereocenters. The van der Waals surface area contributed by atoms with Crippen molar-refractivity contribution < 1.29 is 9.18 Å². The second-order valence-electron chi connectivity index (χ2n) is 6.92. The molecule has 31 heavy (non-hydrogen) atoms. The third-order valence-electron chi connectivity index (χ3n) is 4.52. The summed E-state index contributed by atoms with van der Waals surface area (Å²) in [6.45, 7) is 8.64. The van der Waals surface area contributed by atoms with Crippen molar-refractivity contribution in [2.24, 2.45) is 0 Å². The van der Waals surface area contributed by atoms with Gasteiger partial charge in [-0.1, -0.05) is 26.0 Å². The molecule has 0 bridgehead atoms. The number of nitrogens with zero attached hydrogens (tertiary/aromatic N) is 1. The van der Waals surface area contributed by atoms with Crippen molar-refractivity contribution in [3.8, 4) is 0 Å². The quantitative estimate of drug-likeness (QED) is 0.316. The lowest BCUT2D eigenvalue weighted by atomic mass is 9.91. The van der Waals surface area contributed by atoms with Crippen molar-refractivity contribution >= 4 is 17.1 Å². The maximum atomic E-state index is 13.3. The van der Waals surface area contributed by atoms with Crippen LogP contribution in [0.3, 0.4) is 0 Å². The van der Waals surface area contributed by atoms with Gasteiger partial charge in [-0.25, -0.2) is 4.39 Å². The van der Waals surface area contributed by atoms with E-state index < -0.39 is 0 Å². The molecule has 0 saturated heterocycles. The van der Waals surface area contributed by atoms with Gasteiger partial charge in [-0.3, -0.25) is 9.78 Å². The van der Waals surface area contributed by atoms with Gasteiger partial charge in [-0.2, -0.15) is 0 Å². The molecular formula is C25H35FN4O. The van der Waals surface area contributed by atoms with E-state index in [0.717, 1.165) is 22.4 Å². The summed E-state index contributed by atoms with van der Waals surface area (Å²) in [5, 5.41) is 9.01. The standard InChI is InChI=1S/C19H20FN3O.C6H15N/c1-13(21-2)19(15-8-10-23-11-9-15)17(12-18(24)22-3)14-4-6-16(20)7-5-14;1-3-5-7-6-4-2/h4-12,21H,1-3H3,(H,22,24);7H,3-6H2,1-2H3/b17-12+,19-13-;. The van der Waals surface area contributed by atoms with Crippen LogP contribution in [0.1, 0.15) is 44.7 Å². The molecule has 0 aliphatic rings. The van der Waals surface area contributed by atoms with Crippen LogP contribution in [0, 0.1) is 5.82 Å². The first-order valence-electron chi connectivity index (χ1n) is 10.7. The molecule has 6 heteroatoms. The van der Waals surface area contributed by atoms with Gasteiger partial charge in [0.05, 0.1) is 0 Å². The minimum Gasteiger partial charge on any atom is -0.391 e. The van der Waals surface area contributed by atoms with Crippen molar-refractivity contribution in [2.45, 2.75) is 33.6 Å². The third-order valence-corrected chi connectivity index (χ3v) is 4.52. The molecule has 0 atom stereocenters. The highest BCUT2D eigenvalue weighted by atomic mass is 19.1. The predicted molar refractivity (Wildman–Crippen MR) is 128 cm³/mol. The lowest BCUT2D eigenvalue weighted by Gasteiger charge is -2.17. The molecule has 5 nitrogen and oxygen atoms in total. The topological polar surface area (TPSA) is 66.0 Å². The molecule has 1 aromatic carbocycles. The number of allylic oxidation sites excluding steroid dienone is 3. The summed E-state index contributed by atoms with van der Waals surface area (Å²) < 4.78 is 13.3. The summed E-state index contributed by atoms with van der Waals surface area (Å²) in [6.07, 6.45) is 7.41. The number of carbonyl (C=O) groups is 1. The molecule has 168 valence electrons. The molecule has 1 amide bonds. The number of likely N-dealkylation sites (N-methyl/N-ethyl adjacent to an activating group) is 1. The van der Waals surface area contributed by atoms with Crippen LogP contribution in [0.25, 0.3) is 11.1 Å².